The van der Waals surface area contributed by atoms with Gasteiger partial charge in [-0.25, -0.2) is 8.42 Å². The van der Waals surface area contributed by atoms with E-state index in [-0.39, 0.29) is 16.7 Å². The van der Waals surface area contributed by atoms with Crippen molar-refractivity contribution in [3.63, 3.8) is 0 Å². The van der Waals surface area contributed by atoms with E-state index < -0.39 is 10.0 Å². The van der Waals surface area contributed by atoms with E-state index in [2.05, 4.69) is 29.3 Å². The maximum Gasteiger partial charge on any atom is 0.243 e. The van der Waals surface area contributed by atoms with Crippen molar-refractivity contribution in [1.82, 2.24) is 14.4 Å². The first-order chi connectivity index (χ1) is 16.3. The molecule has 0 radical (unpaired) electrons. The molecule has 4 rings (SSSR count). The number of benzene rings is 2. The zero-order chi connectivity index (χ0) is 24.3. The van der Waals surface area contributed by atoms with Crippen molar-refractivity contribution in [1.29, 1.82) is 0 Å². The van der Waals surface area contributed by atoms with E-state index in [9.17, 15) is 13.2 Å². The lowest BCUT2D eigenvalue weighted by atomic mass is 9.97. The SMILES string of the molecule is CCc1nc(-c2ccc(S(=O)(=O)N3CCC(C(=O)Nc4ccc(C(C)C)cc4)CC3)cc2)no1. The molecule has 1 fully saturated rings. The third-order valence-corrected chi connectivity index (χ3v) is 8.10. The van der Waals surface area contributed by atoms with Gasteiger partial charge in [0.2, 0.25) is 27.6 Å². The summed E-state index contributed by atoms with van der Waals surface area (Å²) in [6.45, 7) is 6.78. The average Bonchev–Trinajstić information content (AvgIpc) is 3.34. The standard InChI is InChI=1S/C25H30N4O4S/c1-4-23-27-24(28-33-23)19-7-11-22(12-8-19)34(31,32)29-15-13-20(14-16-29)25(30)26-21-9-5-18(6-10-21)17(2)3/h5-12,17,20H,4,13-16H2,1-3H3,(H,26,30). The van der Waals surface area contributed by atoms with Crippen molar-refractivity contribution in [2.24, 2.45) is 5.92 Å². The molecule has 0 unspecified atom stereocenters. The van der Waals surface area contributed by atoms with Crippen molar-refractivity contribution in [2.75, 3.05) is 18.4 Å². The largest absolute Gasteiger partial charge is 0.339 e. The van der Waals surface area contributed by atoms with E-state index in [4.69, 9.17) is 4.52 Å². The second-order valence-corrected chi connectivity index (χ2v) is 10.8. The van der Waals surface area contributed by atoms with E-state index in [0.29, 0.717) is 55.5 Å². The highest BCUT2D eigenvalue weighted by molar-refractivity contribution is 7.89. The molecule has 2 aromatic carbocycles. The molecule has 1 aliphatic heterocycles. The van der Waals surface area contributed by atoms with Crippen molar-refractivity contribution in [3.8, 4) is 11.4 Å². The lowest BCUT2D eigenvalue weighted by molar-refractivity contribution is -0.120. The van der Waals surface area contributed by atoms with Gasteiger partial charge in [-0.3, -0.25) is 4.79 Å². The first-order valence-corrected chi connectivity index (χ1v) is 13.1. The summed E-state index contributed by atoms with van der Waals surface area (Å²) >= 11 is 0. The number of nitrogens with zero attached hydrogens (tertiary/aromatic N) is 3. The Hall–Kier alpha value is -3.04. The second-order valence-electron chi connectivity index (χ2n) is 8.83. The van der Waals surface area contributed by atoms with E-state index in [1.807, 2.05) is 31.2 Å². The molecule has 0 atom stereocenters. The van der Waals surface area contributed by atoms with Crippen LogP contribution in [0.25, 0.3) is 11.4 Å². The van der Waals surface area contributed by atoms with Gasteiger partial charge in [-0.15, -0.1) is 0 Å². The Morgan fingerprint density at radius 1 is 1.09 bits per heavy atom. The molecule has 0 saturated carbocycles. The number of piperidine rings is 1. The van der Waals surface area contributed by atoms with E-state index >= 15 is 0 Å². The smallest absolute Gasteiger partial charge is 0.243 e. The third kappa shape index (κ3) is 5.20. The van der Waals surface area contributed by atoms with Crippen molar-refractivity contribution >= 4 is 21.6 Å². The maximum atomic E-state index is 13.1. The molecule has 8 nitrogen and oxygen atoms in total. The molecule has 1 aromatic heterocycles. The van der Waals surface area contributed by atoms with Gasteiger partial charge < -0.3 is 9.84 Å². The van der Waals surface area contributed by atoms with Crippen LogP contribution in [0.4, 0.5) is 5.69 Å². The summed E-state index contributed by atoms with van der Waals surface area (Å²) in [5.74, 6) is 1.12. The van der Waals surface area contributed by atoms with Crippen molar-refractivity contribution in [3.05, 3.63) is 60.0 Å². The predicted molar refractivity (Wildman–Crippen MR) is 130 cm³/mol. The molecule has 1 aliphatic rings. The quantitative estimate of drug-likeness (QED) is 0.533. The van der Waals surface area contributed by atoms with Gasteiger partial charge in [-0.2, -0.15) is 9.29 Å². The molecule has 9 heteroatoms. The highest BCUT2D eigenvalue weighted by atomic mass is 32.2. The number of carbonyl (C=O) groups is 1. The number of anilines is 1. The molecule has 1 amide bonds. The van der Waals surface area contributed by atoms with E-state index in [1.165, 1.54) is 9.87 Å². The number of aryl methyl sites for hydroxylation is 1. The van der Waals surface area contributed by atoms with Crippen molar-refractivity contribution < 1.29 is 17.7 Å². The molecule has 1 saturated heterocycles. The fourth-order valence-corrected chi connectivity index (χ4v) is 5.46. The maximum absolute atomic E-state index is 13.1. The van der Waals surface area contributed by atoms with Crippen LogP contribution in [0.5, 0.6) is 0 Å². The molecule has 0 bridgehead atoms. The van der Waals surface area contributed by atoms with Crippen LogP contribution in [0.2, 0.25) is 0 Å². The van der Waals surface area contributed by atoms with Gasteiger partial charge in [0.25, 0.3) is 0 Å². The van der Waals surface area contributed by atoms with Gasteiger partial charge in [0.1, 0.15) is 0 Å². The molecule has 1 N–H and O–H groups in total. The van der Waals surface area contributed by atoms with Crippen LogP contribution in [0.15, 0.2) is 57.9 Å². The van der Waals surface area contributed by atoms with Gasteiger partial charge in [-0.1, -0.05) is 38.1 Å². The number of nitrogens with one attached hydrogen (secondary N) is 1. The number of rotatable bonds is 7. The van der Waals surface area contributed by atoms with E-state index in [0.717, 1.165) is 5.69 Å². The van der Waals surface area contributed by atoms with E-state index in [1.54, 1.807) is 24.3 Å². The number of sulfonamides is 1. The molecule has 0 spiro atoms. The summed E-state index contributed by atoms with van der Waals surface area (Å²) in [4.78, 5) is 17.2. The zero-order valence-electron chi connectivity index (χ0n) is 19.7. The molecule has 180 valence electrons. The van der Waals surface area contributed by atoms with Gasteiger partial charge >= 0.3 is 0 Å². The van der Waals surface area contributed by atoms with Crippen LogP contribution in [0.3, 0.4) is 0 Å². The Labute approximate surface area is 200 Å². The molecular formula is C25H30N4O4S. The lowest BCUT2D eigenvalue weighted by Gasteiger charge is -2.30. The number of amides is 1. The van der Waals surface area contributed by atoms with Gasteiger partial charge in [0, 0.05) is 36.7 Å². The lowest BCUT2D eigenvalue weighted by Crippen LogP contribution is -2.41. The Kier molecular flexibility index (Phi) is 7.13. The van der Waals surface area contributed by atoms with Crippen LogP contribution >= 0.6 is 0 Å². The minimum Gasteiger partial charge on any atom is -0.339 e. The molecule has 34 heavy (non-hydrogen) atoms. The van der Waals surface area contributed by atoms with Crippen LogP contribution in [-0.4, -0.2) is 41.9 Å². The molecular weight excluding hydrogens is 452 g/mol. The van der Waals surface area contributed by atoms with Gasteiger partial charge in [0.05, 0.1) is 4.90 Å². The van der Waals surface area contributed by atoms with Gasteiger partial charge in [0.15, 0.2) is 0 Å². The average molecular weight is 483 g/mol. The highest BCUT2D eigenvalue weighted by Gasteiger charge is 2.32. The summed E-state index contributed by atoms with van der Waals surface area (Å²) in [6, 6.07) is 14.3. The van der Waals surface area contributed by atoms with Crippen LogP contribution in [0, 0.1) is 5.92 Å². The Balaban J connectivity index is 1.35. The number of hydrogen-bond donors (Lipinski definition) is 1. The summed E-state index contributed by atoms with van der Waals surface area (Å²) < 4.78 is 32.8. The molecule has 2 heterocycles. The Bertz CT molecular complexity index is 1230. The fraction of sp³-hybridized carbons (Fsp3) is 0.400. The number of aromatic nitrogens is 2. The summed E-state index contributed by atoms with van der Waals surface area (Å²) in [5, 5.41) is 6.89. The van der Waals surface area contributed by atoms with Crippen LogP contribution in [-0.2, 0) is 21.2 Å². The van der Waals surface area contributed by atoms with Gasteiger partial charge in [-0.05, 0) is 60.7 Å². The summed E-state index contributed by atoms with van der Waals surface area (Å²) in [7, 11) is -3.64. The Morgan fingerprint density at radius 2 is 1.74 bits per heavy atom. The van der Waals surface area contributed by atoms with Crippen LogP contribution < -0.4 is 5.32 Å². The predicted octanol–water partition coefficient (Wildman–Crippen LogP) is 4.46. The fourth-order valence-electron chi connectivity index (χ4n) is 3.99. The first kappa shape index (κ1) is 24.1. The minimum atomic E-state index is -3.64. The normalized spacial score (nSPS) is 15.5. The minimum absolute atomic E-state index is 0.0646. The highest BCUT2D eigenvalue weighted by Crippen LogP contribution is 2.27. The molecule has 0 aliphatic carbocycles. The first-order valence-electron chi connectivity index (χ1n) is 11.6. The number of hydrogen-bond acceptors (Lipinski definition) is 6. The number of carbonyl (C=O) groups excluding carboxylic acids is 1. The van der Waals surface area contributed by atoms with Crippen LogP contribution in [0.1, 0.15) is 51.0 Å². The zero-order valence-corrected chi connectivity index (χ0v) is 20.5. The van der Waals surface area contributed by atoms with Crippen molar-refractivity contribution in [2.45, 2.75) is 50.8 Å². The summed E-state index contributed by atoms with van der Waals surface area (Å²) in [6.07, 6.45) is 1.60. The molecule has 3 aromatic rings. The Morgan fingerprint density at radius 3 is 2.29 bits per heavy atom. The third-order valence-electron chi connectivity index (χ3n) is 6.19. The summed E-state index contributed by atoms with van der Waals surface area (Å²) in [5.41, 5.74) is 2.67. The second kappa shape index (κ2) is 10.1. The monoisotopic (exact) mass is 482 g/mol. The topological polar surface area (TPSA) is 105 Å².